The predicted octanol–water partition coefficient (Wildman–Crippen LogP) is 5.25. The van der Waals surface area contributed by atoms with Crippen molar-refractivity contribution in [3.05, 3.63) is 67.5 Å². The highest BCUT2D eigenvalue weighted by Crippen LogP contribution is 2.33. The Kier molecular flexibility index (Phi) is 5.62. The Balaban J connectivity index is 1.88. The van der Waals surface area contributed by atoms with Gasteiger partial charge in [0.15, 0.2) is 5.13 Å². The van der Waals surface area contributed by atoms with Gasteiger partial charge in [-0.1, -0.05) is 11.6 Å². The van der Waals surface area contributed by atoms with Gasteiger partial charge in [-0.2, -0.15) is 0 Å². The Bertz CT molecular complexity index is 1080. The van der Waals surface area contributed by atoms with E-state index in [1.54, 1.807) is 7.11 Å². The number of nitro benzene ring substituents is 1. The molecule has 2 aromatic carbocycles. The van der Waals surface area contributed by atoms with Gasteiger partial charge in [-0.3, -0.25) is 20.2 Å². The van der Waals surface area contributed by atoms with E-state index in [4.69, 9.17) is 16.3 Å². The van der Waals surface area contributed by atoms with Gasteiger partial charge in [0, 0.05) is 22.6 Å². The van der Waals surface area contributed by atoms with Gasteiger partial charge in [0.05, 0.1) is 28.3 Å². The zero-order valence-corrected chi connectivity index (χ0v) is 16.9. The molecule has 0 spiro atoms. The van der Waals surface area contributed by atoms with E-state index in [9.17, 15) is 14.9 Å². The minimum absolute atomic E-state index is 0.0190. The molecule has 1 amide bonds. The standard InChI is InChI=1S/C19H16ClN3O4S/c1-10-8-12(4-7-16(10)27-3)17-11(2)28-19(21-17)22-18(24)14-9-13(23(25)26)5-6-15(14)20/h4-9H,1-3H3,(H,21,22,24). The van der Waals surface area contributed by atoms with Crippen LogP contribution in [0.4, 0.5) is 10.8 Å². The number of non-ortho nitro benzene ring substituents is 1. The van der Waals surface area contributed by atoms with Gasteiger partial charge in [-0.15, -0.1) is 11.3 Å². The molecule has 144 valence electrons. The summed E-state index contributed by atoms with van der Waals surface area (Å²) in [7, 11) is 1.61. The Hall–Kier alpha value is -2.97. The van der Waals surface area contributed by atoms with Crippen LogP contribution in [-0.2, 0) is 0 Å². The molecule has 0 atom stereocenters. The van der Waals surface area contributed by atoms with E-state index < -0.39 is 10.8 Å². The van der Waals surface area contributed by atoms with Crippen molar-refractivity contribution in [3.63, 3.8) is 0 Å². The minimum atomic E-state index is -0.579. The molecule has 3 rings (SSSR count). The molecule has 0 saturated carbocycles. The lowest BCUT2D eigenvalue weighted by atomic mass is 10.1. The van der Waals surface area contributed by atoms with Crippen molar-refractivity contribution in [2.75, 3.05) is 12.4 Å². The first-order chi connectivity index (χ1) is 13.3. The molecule has 0 fully saturated rings. The zero-order chi connectivity index (χ0) is 20.4. The topological polar surface area (TPSA) is 94.4 Å². The van der Waals surface area contributed by atoms with Crippen LogP contribution in [0.3, 0.4) is 0 Å². The quantitative estimate of drug-likeness (QED) is 0.452. The number of thiazole rings is 1. The van der Waals surface area contributed by atoms with E-state index in [1.165, 1.54) is 23.5 Å². The number of carbonyl (C=O) groups excluding carboxylic acids is 1. The number of hydrogen-bond acceptors (Lipinski definition) is 6. The predicted molar refractivity (Wildman–Crippen MR) is 110 cm³/mol. The number of aromatic nitrogens is 1. The number of nitrogens with zero attached hydrogens (tertiary/aromatic N) is 2. The number of methoxy groups -OCH3 is 1. The van der Waals surface area contributed by atoms with E-state index in [0.717, 1.165) is 33.5 Å². The van der Waals surface area contributed by atoms with Crippen molar-refractivity contribution in [1.29, 1.82) is 0 Å². The van der Waals surface area contributed by atoms with Crippen molar-refractivity contribution in [3.8, 4) is 17.0 Å². The van der Waals surface area contributed by atoms with Crippen molar-refractivity contribution in [2.45, 2.75) is 13.8 Å². The van der Waals surface area contributed by atoms with Crippen LogP contribution in [0.15, 0.2) is 36.4 Å². The summed E-state index contributed by atoms with van der Waals surface area (Å²) >= 11 is 7.34. The van der Waals surface area contributed by atoms with Crippen LogP contribution in [-0.4, -0.2) is 22.9 Å². The molecule has 0 aliphatic rings. The average molecular weight is 418 g/mol. The van der Waals surface area contributed by atoms with E-state index in [0.29, 0.717) is 5.13 Å². The number of halogens is 1. The van der Waals surface area contributed by atoms with E-state index in [-0.39, 0.29) is 16.3 Å². The molecule has 3 aromatic rings. The van der Waals surface area contributed by atoms with Crippen LogP contribution in [0.2, 0.25) is 5.02 Å². The molecular weight excluding hydrogens is 402 g/mol. The molecule has 1 aromatic heterocycles. The lowest BCUT2D eigenvalue weighted by Crippen LogP contribution is -2.12. The molecule has 0 unspecified atom stereocenters. The molecule has 9 heteroatoms. The molecule has 0 radical (unpaired) electrons. The number of hydrogen-bond donors (Lipinski definition) is 1. The minimum Gasteiger partial charge on any atom is -0.496 e. The van der Waals surface area contributed by atoms with Crippen molar-refractivity contribution >= 4 is 39.7 Å². The van der Waals surface area contributed by atoms with Gasteiger partial charge in [-0.25, -0.2) is 4.98 Å². The fraction of sp³-hybridized carbons (Fsp3) is 0.158. The maximum atomic E-state index is 12.5. The first-order valence-electron chi connectivity index (χ1n) is 8.18. The molecule has 0 aliphatic carbocycles. The van der Waals surface area contributed by atoms with Crippen LogP contribution < -0.4 is 10.1 Å². The van der Waals surface area contributed by atoms with Crippen molar-refractivity contribution in [2.24, 2.45) is 0 Å². The van der Waals surface area contributed by atoms with Crippen molar-refractivity contribution in [1.82, 2.24) is 4.98 Å². The summed E-state index contributed by atoms with van der Waals surface area (Å²) in [5.74, 6) is 0.227. The Morgan fingerprint density at radius 1 is 1.25 bits per heavy atom. The van der Waals surface area contributed by atoms with Gasteiger partial charge in [0.2, 0.25) is 0 Å². The van der Waals surface area contributed by atoms with E-state index in [1.807, 2.05) is 32.0 Å². The summed E-state index contributed by atoms with van der Waals surface area (Å²) in [6.07, 6.45) is 0. The third-order valence-electron chi connectivity index (χ3n) is 4.09. The number of amides is 1. The summed E-state index contributed by atoms with van der Waals surface area (Å²) in [6.45, 7) is 3.85. The van der Waals surface area contributed by atoms with Crippen LogP contribution in [0.5, 0.6) is 5.75 Å². The molecular formula is C19H16ClN3O4S. The van der Waals surface area contributed by atoms with Crippen LogP contribution in [0.1, 0.15) is 20.8 Å². The highest BCUT2D eigenvalue weighted by Gasteiger charge is 2.18. The van der Waals surface area contributed by atoms with Crippen LogP contribution in [0.25, 0.3) is 11.3 Å². The van der Waals surface area contributed by atoms with Gasteiger partial charge in [0.25, 0.3) is 11.6 Å². The summed E-state index contributed by atoms with van der Waals surface area (Å²) < 4.78 is 5.28. The second-order valence-electron chi connectivity index (χ2n) is 5.98. The Labute approximate surface area is 170 Å². The normalized spacial score (nSPS) is 10.6. The lowest BCUT2D eigenvalue weighted by Gasteiger charge is -2.06. The van der Waals surface area contributed by atoms with Gasteiger partial charge < -0.3 is 4.74 Å². The molecule has 0 bridgehead atoms. The fourth-order valence-electron chi connectivity index (χ4n) is 2.71. The highest BCUT2D eigenvalue weighted by atomic mass is 35.5. The third-order valence-corrected chi connectivity index (χ3v) is 5.31. The van der Waals surface area contributed by atoms with Gasteiger partial charge in [0.1, 0.15) is 5.75 Å². The molecule has 28 heavy (non-hydrogen) atoms. The summed E-state index contributed by atoms with van der Waals surface area (Å²) in [5.41, 5.74) is 2.43. The van der Waals surface area contributed by atoms with E-state index in [2.05, 4.69) is 10.3 Å². The summed E-state index contributed by atoms with van der Waals surface area (Å²) in [6, 6.07) is 9.45. The smallest absolute Gasteiger partial charge is 0.270 e. The van der Waals surface area contributed by atoms with E-state index >= 15 is 0 Å². The molecule has 7 nitrogen and oxygen atoms in total. The van der Waals surface area contributed by atoms with Gasteiger partial charge >= 0.3 is 0 Å². The number of rotatable bonds is 5. The zero-order valence-electron chi connectivity index (χ0n) is 15.3. The molecule has 0 aliphatic heterocycles. The molecule has 0 saturated heterocycles. The Morgan fingerprint density at radius 3 is 2.64 bits per heavy atom. The molecule has 1 N–H and O–H groups in total. The number of carbonyl (C=O) groups is 1. The Morgan fingerprint density at radius 2 is 2.00 bits per heavy atom. The number of nitro groups is 1. The van der Waals surface area contributed by atoms with Crippen LogP contribution in [0, 0.1) is 24.0 Å². The SMILES string of the molecule is COc1ccc(-c2nc(NC(=O)c3cc([N+](=O)[O-])ccc3Cl)sc2C)cc1C. The first-order valence-corrected chi connectivity index (χ1v) is 9.37. The van der Waals surface area contributed by atoms with Gasteiger partial charge in [-0.05, 0) is 43.7 Å². The summed E-state index contributed by atoms with van der Waals surface area (Å²) in [4.78, 5) is 28.3. The molecule has 1 heterocycles. The maximum Gasteiger partial charge on any atom is 0.270 e. The second-order valence-corrected chi connectivity index (χ2v) is 7.59. The second kappa shape index (κ2) is 7.95. The van der Waals surface area contributed by atoms with Crippen molar-refractivity contribution < 1.29 is 14.5 Å². The third kappa shape index (κ3) is 3.97. The summed E-state index contributed by atoms with van der Waals surface area (Å²) in [5, 5.41) is 14.1. The first kappa shape index (κ1) is 19.8. The largest absolute Gasteiger partial charge is 0.496 e. The number of benzene rings is 2. The lowest BCUT2D eigenvalue weighted by molar-refractivity contribution is -0.384. The maximum absolute atomic E-state index is 12.5. The number of anilines is 1. The monoisotopic (exact) mass is 417 g/mol. The van der Waals surface area contributed by atoms with Crippen LogP contribution >= 0.6 is 22.9 Å². The highest BCUT2D eigenvalue weighted by molar-refractivity contribution is 7.16. The number of nitrogens with one attached hydrogen (secondary N) is 1. The fourth-order valence-corrected chi connectivity index (χ4v) is 3.74. The number of ether oxygens (including phenoxy) is 1. The average Bonchev–Trinajstić information content (AvgIpc) is 3.01. The number of aryl methyl sites for hydroxylation is 2.